The molecule has 120 valence electrons. The molecule has 0 aliphatic carbocycles. The van der Waals surface area contributed by atoms with E-state index in [2.05, 4.69) is 45.3 Å². The molecule has 2 unspecified atom stereocenters. The number of rotatable bonds is 3. The molecular weight excluding hydrogens is 288 g/mol. The zero-order valence-electron chi connectivity index (χ0n) is 13.6. The van der Waals surface area contributed by atoms with Crippen molar-refractivity contribution < 1.29 is 4.52 Å². The SMILES string of the molecule is CC(c1noc(-c2cn(C)c3ccccc23)n1)C1CCCCN1. The minimum absolute atomic E-state index is 0.266. The van der Waals surface area contributed by atoms with Gasteiger partial charge in [-0.3, -0.25) is 0 Å². The minimum Gasteiger partial charge on any atom is -0.350 e. The number of fused-ring (bicyclic) bond motifs is 1. The monoisotopic (exact) mass is 310 g/mol. The van der Waals surface area contributed by atoms with Crippen LogP contribution in [0.3, 0.4) is 0 Å². The van der Waals surface area contributed by atoms with E-state index in [-0.39, 0.29) is 5.92 Å². The highest BCUT2D eigenvalue weighted by molar-refractivity contribution is 5.93. The fourth-order valence-corrected chi connectivity index (χ4v) is 3.53. The lowest BCUT2D eigenvalue weighted by molar-refractivity contribution is 0.342. The molecule has 1 fully saturated rings. The van der Waals surface area contributed by atoms with E-state index in [4.69, 9.17) is 4.52 Å². The normalized spacial score (nSPS) is 20.0. The molecule has 0 radical (unpaired) electrons. The first-order valence-electron chi connectivity index (χ1n) is 8.35. The fraction of sp³-hybridized carbons (Fsp3) is 0.444. The molecule has 0 bridgehead atoms. The molecule has 3 heterocycles. The van der Waals surface area contributed by atoms with E-state index in [0.717, 1.165) is 23.3 Å². The molecule has 1 saturated heterocycles. The first kappa shape index (κ1) is 14.5. The summed E-state index contributed by atoms with van der Waals surface area (Å²) in [6.07, 6.45) is 5.78. The molecule has 1 aromatic carbocycles. The van der Waals surface area contributed by atoms with Crippen LogP contribution < -0.4 is 5.32 Å². The number of hydrogen-bond acceptors (Lipinski definition) is 4. The average molecular weight is 310 g/mol. The maximum Gasteiger partial charge on any atom is 0.260 e. The highest BCUT2D eigenvalue weighted by Crippen LogP contribution is 2.30. The summed E-state index contributed by atoms with van der Waals surface area (Å²) in [6.45, 7) is 3.27. The van der Waals surface area contributed by atoms with Crippen molar-refractivity contribution in [3.8, 4) is 11.5 Å². The summed E-state index contributed by atoms with van der Waals surface area (Å²) in [5, 5.41) is 8.97. The minimum atomic E-state index is 0.266. The average Bonchev–Trinajstić information content (AvgIpc) is 3.21. The Morgan fingerprint density at radius 2 is 2.17 bits per heavy atom. The first-order chi connectivity index (χ1) is 11.2. The van der Waals surface area contributed by atoms with E-state index in [9.17, 15) is 0 Å². The summed E-state index contributed by atoms with van der Waals surface area (Å²) < 4.78 is 7.68. The Bertz CT molecular complexity index is 813. The lowest BCUT2D eigenvalue weighted by Crippen LogP contribution is -2.38. The third-order valence-electron chi connectivity index (χ3n) is 4.93. The quantitative estimate of drug-likeness (QED) is 0.805. The summed E-state index contributed by atoms with van der Waals surface area (Å²) in [5.74, 6) is 1.68. The number of nitrogens with zero attached hydrogens (tertiary/aromatic N) is 3. The van der Waals surface area contributed by atoms with E-state index in [1.54, 1.807) is 0 Å². The van der Waals surface area contributed by atoms with E-state index in [0.29, 0.717) is 11.9 Å². The van der Waals surface area contributed by atoms with Crippen LogP contribution in [-0.4, -0.2) is 27.3 Å². The molecular formula is C18H22N4O. The van der Waals surface area contributed by atoms with E-state index < -0.39 is 0 Å². The molecule has 0 saturated carbocycles. The highest BCUT2D eigenvalue weighted by Gasteiger charge is 2.25. The smallest absolute Gasteiger partial charge is 0.260 e. The molecule has 1 aliphatic rings. The third-order valence-corrected chi connectivity index (χ3v) is 4.93. The molecule has 23 heavy (non-hydrogen) atoms. The zero-order chi connectivity index (χ0) is 15.8. The van der Waals surface area contributed by atoms with Crippen molar-refractivity contribution in [3.05, 3.63) is 36.3 Å². The van der Waals surface area contributed by atoms with Gasteiger partial charge in [0.15, 0.2) is 5.82 Å². The fourth-order valence-electron chi connectivity index (χ4n) is 3.53. The van der Waals surface area contributed by atoms with Gasteiger partial charge in [0.25, 0.3) is 5.89 Å². The van der Waals surface area contributed by atoms with Crippen molar-refractivity contribution in [2.45, 2.75) is 38.1 Å². The predicted molar refractivity (Wildman–Crippen MR) is 90.3 cm³/mol. The molecule has 3 aromatic rings. The van der Waals surface area contributed by atoms with Gasteiger partial charge in [0, 0.05) is 36.1 Å². The van der Waals surface area contributed by atoms with Gasteiger partial charge in [-0.2, -0.15) is 4.98 Å². The zero-order valence-corrected chi connectivity index (χ0v) is 13.6. The molecule has 1 aliphatic heterocycles. The predicted octanol–water partition coefficient (Wildman–Crippen LogP) is 3.47. The van der Waals surface area contributed by atoms with Gasteiger partial charge in [-0.25, -0.2) is 0 Å². The number of benzene rings is 1. The summed E-state index contributed by atoms with van der Waals surface area (Å²) in [7, 11) is 2.04. The van der Waals surface area contributed by atoms with Gasteiger partial charge in [0.2, 0.25) is 0 Å². The van der Waals surface area contributed by atoms with Gasteiger partial charge in [0.1, 0.15) is 0 Å². The van der Waals surface area contributed by atoms with Gasteiger partial charge in [-0.05, 0) is 25.5 Å². The van der Waals surface area contributed by atoms with Crippen molar-refractivity contribution in [1.82, 2.24) is 20.0 Å². The highest BCUT2D eigenvalue weighted by atomic mass is 16.5. The van der Waals surface area contributed by atoms with Gasteiger partial charge in [0.05, 0.1) is 5.56 Å². The Morgan fingerprint density at radius 1 is 1.30 bits per heavy atom. The van der Waals surface area contributed by atoms with Gasteiger partial charge in [-0.15, -0.1) is 0 Å². The Balaban J connectivity index is 1.67. The Labute approximate surface area is 135 Å². The van der Waals surface area contributed by atoms with E-state index in [1.807, 2.05) is 19.2 Å². The molecule has 0 amide bonds. The number of aryl methyl sites for hydroxylation is 1. The number of aromatic nitrogens is 3. The van der Waals surface area contributed by atoms with Crippen LogP contribution in [0.2, 0.25) is 0 Å². The molecule has 5 nitrogen and oxygen atoms in total. The Hall–Kier alpha value is -2.14. The molecule has 0 spiro atoms. The number of para-hydroxylation sites is 1. The summed E-state index contributed by atoms with van der Waals surface area (Å²) >= 11 is 0. The summed E-state index contributed by atoms with van der Waals surface area (Å²) in [4.78, 5) is 4.69. The van der Waals surface area contributed by atoms with Gasteiger partial charge in [-0.1, -0.05) is 36.7 Å². The van der Waals surface area contributed by atoms with Crippen molar-refractivity contribution in [2.24, 2.45) is 7.05 Å². The molecule has 2 atom stereocenters. The van der Waals surface area contributed by atoms with Crippen LogP contribution in [0.5, 0.6) is 0 Å². The molecule has 1 N–H and O–H groups in total. The van der Waals surface area contributed by atoms with Crippen LogP contribution in [0.4, 0.5) is 0 Å². The topological polar surface area (TPSA) is 55.9 Å². The van der Waals surface area contributed by atoms with Crippen LogP contribution in [0, 0.1) is 0 Å². The molecule has 5 heteroatoms. The van der Waals surface area contributed by atoms with Crippen molar-refractivity contribution >= 4 is 10.9 Å². The number of hydrogen-bond donors (Lipinski definition) is 1. The summed E-state index contributed by atoms with van der Waals surface area (Å²) in [5.41, 5.74) is 2.18. The Morgan fingerprint density at radius 3 is 3.00 bits per heavy atom. The van der Waals surface area contributed by atoms with Crippen LogP contribution in [0.15, 0.2) is 35.0 Å². The number of nitrogens with one attached hydrogen (secondary N) is 1. The largest absolute Gasteiger partial charge is 0.350 e. The Kier molecular flexibility index (Phi) is 3.65. The molecule has 4 rings (SSSR count). The van der Waals surface area contributed by atoms with Crippen LogP contribution in [-0.2, 0) is 7.05 Å². The van der Waals surface area contributed by atoms with E-state index in [1.165, 1.54) is 24.8 Å². The van der Waals surface area contributed by atoms with E-state index >= 15 is 0 Å². The van der Waals surface area contributed by atoms with Crippen LogP contribution in [0.25, 0.3) is 22.4 Å². The third kappa shape index (κ3) is 2.55. The van der Waals surface area contributed by atoms with Crippen molar-refractivity contribution in [2.75, 3.05) is 6.54 Å². The second-order valence-corrected chi connectivity index (χ2v) is 6.47. The molecule has 2 aromatic heterocycles. The number of piperidine rings is 1. The standard InChI is InChI=1S/C18H22N4O/c1-12(15-8-5-6-10-19-15)17-20-18(23-21-17)14-11-22(2)16-9-4-3-7-13(14)16/h3-4,7,9,11-12,15,19H,5-6,8,10H2,1-2H3. The van der Waals surface area contributed by atoms with Crippen molar-refractivity contribution in [1.29, 1.82) is 0 Å². The first-order valence-corrected chi connectivity index (χ1v) is 8.35. The van der Waals surface area contributed by atoms with Gasteiger partial charge >= 0.3 is 0 Å². The second kappa shape index (κ2) is 5.81. The maximum atomic E-state index is 5.58. The lowest BCUT2D eigenvalue weighted by atomic mass is 9.93. The second-order valence-electron chi connectivity index (χ2n) is 6.47. The van der Waals surface area contributed by atoms with Crippen LogP contribution >= 0.6 is 0 Å². The maximum absolute atomic E-state index is 5.58. The van der Waals surface area contributed by atoms with Crippen molar-refractivity contribution in [3.63, 3.8) is 0 Å². The summed E-state index contributed by atoms with van der Waals surface area (Å²) in [6, 6.07) is 8.73. The van der Waals surface area contributed by atoms with Crippen LogP contribution in [0.1, 0.15) is 37.9 Å². The lowest BCUT2D eigenvalue weighted by Gasteiger charge is -2.27. The van der Waals surface area contributed by atoms with Gasteiger partial charge < -0.3 is 14.4 Å².